The number of aliphatic imine (C=N–C) groups is 1. The van der Waals surface area contributed by atoms with E-state index in [2.05, 4.69) is 54.5 Å². The molecular weight excluding hydrogens is 296 g/mol. The average Bonchev–Trinajstić information content (AvgIpc) is 2.89. The normalized spacial score (nSPS) is 15.5. The lowest BCUT2D eigenvalue weighted by atomic mass is 10.0. The number of hydrogen-bond donors (Lipinski definition) is 1. The lowest BCUT2D eigenvalue weighted by molar-refractivity contribution is -0.115. The van der Waals surface area contributed by atoms with E-state index in [-0.39, 0.29) is 5.91 Å². The number of benzene rings is 2. The zero-order valence-electron chi connectivity index (χ0n) is 14.4. The maximum Gasteiger partial charge on any atom is 0.275 e. The van der Waals surface area contributed by atoms with Gasteiger partial charge < -0.3 is 5.32 Å². The Balaban J connectivity index is 1.72. The minimum Gasteiger partial charge on any atom is -0.309 e. The van der Waals surface area contributed by atoms with Gasteiger partial charge in [0, 0.05) is 6.42 Å². The molecule has 0 radical (unpaired) electrons. The molecule has 1 amide bonds. The van der Waals surface area contributed by atoms with Crippen LogP contribution in [-0.4, -0.2) is 11.7 Å². The van der Waals surface area contributed by atoms with Gasteiger partial charge in [0.15, 0.2) is 0 Å². The summed E-state index contributed by atoms with van der Waals surface area (Å²) in [5.41, 5.74) is 6.40. The van der Waals surface area contributed by atoms with Crippen LogP contribution in [0, 0.1) is 20.8 Å². The first-order valence-electron chi connectivity index (χ1n) is 8.25. The molecule has 2 aromatic carbocycles. The summed E-state index contributed by atoms with van der Waals surface area (Å²) in [6.45, 7) is 6.19. The highest BCUT2D eigenvalue weighted by molar-refractivity contribution is 6.14. The Kier molecular flexibility index (Phi) is 4.61. The third kappa shape index (κ3) is 3.80. The fraction of sp³-hybridized carbons (Fsp3) is 0.238. The van der Waals surface area contributed by atoms with Crippen molar-refractivity contribution in [3.63, 3.8) is 0 Å². The second-order valence-corrected chi connectivity index (χ2v) is 6.39. The predicted octanol–water partition coefficient (Wildman–Crippen LogP) is 4.11. The van der Waals surface area contributed by atoms with Crippen LogP contribution in [0.25, 0.3) is 6.08 Å². The van der Waals surface area contributed by atoms with E-state index in [1.807, 2.05) is 25.1 Å². The summed E-state index contributed by atoms with van der Waals surface area (Å²) in [5.74, 6) is 0.630. The van der Waals surface area contributed by atoms with E-state index in [1.165, 1.54) is 16.7 Å². The highest BCUT2D eigenvalue weighted by atomic mass is 16.2. The van der Waals surface area contributed by atoms with Crippen LogP contribution in [0.4, 0.5) is 0 Å². The molecule has 1 aliphatic rings. The van der Waals surface area contributed by atoms with E-state index >= 15 is 0 Å². The van der Waals surface area contributed by atoms with Crippen molar-refractivity contribution in [2.24, 2.45) is 4.99 Å². The highest BCUT2D eigenvalue weighted by Crippen LogP contribution is 2.18. The molecule has 1 heterocycles. The fourth-order valence-electron chi connectivity index (χ4n) is 2.79. The Bertz CT molecular complexity index is 829. The van der Waals surface area contributed by atoms with Gasteiger partial charge in [0.25, 0.3) is 5.91 Å². The Labute approximate surface area is 143 Å². The van der Waals surface area contributed by atoms with Gasteiger partial charge >= 0.3 is 0 Å². The van der Waals surface area contributed by atoms with Gasteiger partial charge in [-0.15, -0.1) is 0 Å². The third-order valence-corrected chi connectivity index (χ3v) is 4.23. The van der Waals surface area contributed by atoms with E-state index in [0.717, 1.165) is 29.8 Å². The second-order valence-electron chi connectivity index (χ2n) is 6.39. The Hall–Kier alpha value is -2.68. The number of amidine groups is 1. The quantitative estimate of drug-likeness (QED) is 0.847. The van der Waals surface area contributed by atoms with Crippen LogP contribution in [0.15, 0.2) is 53.2 Å². The van der Waals surface area contributed by atoms with E-state index in [1.54, 1.807) is 0 Å². The van der Waals surface area contributed by atoms with Crippen molar-refractivity contribution in [3.8, 4) is 0 Å². The van der Waals surface area contributed by atoms with Crippen LogP contribution >= 0.6 is 0 Å². The van der Waals surface area contributed by atoms with Gasteiger partial charge in [0.1, 0.15) is 11.5 Å². The molecule has 0 spiro atoms. The summed E-state index contributed by atoms with van der Waals surface area (Å²) in [7, 11) is 0. The maximum atomic E-state index is 12.1. The van der Waals surface area contributed by atoms with Crippen LogP contribution in [0.1, 0.15) is 34.2 Å². The first-order chi connectivity index (χ1) is 11.5. The van der Waals surface area contributed by atoms with Gasteiger partial charge in [-0.05, 0) is 50.0 Å². The van der Waals surface area contributed by atoms with E-state index in [4.69, 9.17) is 0 Å². The molecule has 24 heavy (non-hydrogen) atoms. The minimum absolute atomic E-state index is 0.117. The molecule has 0 unspecified atom stereocenters. The molecule has 122 valence electrons. The number of nitrogens with zero attached hydrogens (tertiary/aromatic N) is 1. The summed E-state index contributed by atoms with van der Waals surface area (Å²) >= 11 is 0. The molecule has 0 saturated carbocycles. The number of carbonyl (C=O) groups is 1. The van der Waals surface area contributed by atoms with Gasteiger partial charge in [-0.3, -0.25) is 4.79 Å². The molecular formula is C21H22N2O. The zero-order valence-corrected chi connectivity index (χ0v) is 14.4. The molecule has 1 aliphatic heterocycles. The van der Waals surface area contributed by atoms with Crippen molar-refractivity contribution in [3.05, 3.63) is 76.0 Å². The highest BCUT2D eigenvalue weighted by Gasteiger charge is 2.19. The number of amides is 1. The van der Waals surface area contributed by atoms with Crippen molar-refractivity contribution >= 4 is 17.8 Å². The number of nitrogens with one attached hydrogen (secondary N) is 1. The fourth-order valence-corrected chi connectivity index (χ4v) is 2.79. The SMILES string of the molecule is Cc1ccc(CCC2=N/C(=C\c3ccc(C)cc3C)C(=O)N2)cc1. The van der Waals surface area contributed by atoms with Crippen LogP contribution in [0.3, 0.4) is 0 Å². The molecule has 2 aromatic rings. The van der Waals surface area contributed by atoms with Gasteiger partial charge in [-0.1, -0.05) is 53.6 Å². The molecule has 3 rings (SSSR count). The number of aryl methyl sites for hydroxylation is 4. The van der Waals surface area contributed by atoms with Gasteiger partial charge in [-0.2, -0.15) is 0 Å². The smallest absolute Gasteiger partial charge is 0.275 e. The summed E-state index contributed by atoms with van der Waals surface area (Å²) in [6, 6.07) is 14.7. The standard InChI is InChI=1S/C21H22N2O/c1-14-4-7-17(8-5-14)9-11-20-22-19(21(24)23-20)13-18-10-6-15(2)12-16(18)3/h4-8,10,12-13H,9,11H2,1-3H3,(H,22,23,24)/b19-13-. The van der Waals surface area contributed by atoms with Crippen molar-refractivity contribution in [1.29, 1.82) is 0 Å². The van der Waals surface area contributed by atoms with Crippen molar-refractivity contribution in [2.45, 2.75) is 33.6 Å². The van der Waals surface area contributed by atoms with Crippen LogP contribution in [-0.2, 0) is 11.2 Å². The summed E-state index contributed by atoms with van der Waals surface area (Å²) in [6.07, 6.45) is 3.47. The molecule has 0 atom stereocenters. The van der Waals surface area contributed by atoms with E-state index < -0.39 is 0 Å². The molecule has 3 nitrogen and oxygen atoms in total. The molecule has 0 saturated heterocycles. The summed E-state index contributed by atoms with van der Waals surface area (Å²) in [4.78, 5) is 16.6. The Morgan fingerprint density at radius 3 is 2.38 bits per heavy atom. The van der Waals surface area contributed by atoms with Gasteiger partial charge in [-0.25, -0.2) is 4.99 Å². The predicted molar refractivity (Wildman–Crippen MR) is 99.0 cm³/mol. The number of rotatable bonds is 4. The summed E-state index contributed by atoms with van der Waals surface area (Å²) in [5, 5.41) is 2.88. The maximum absolute atomic E-state index is 12.1. The lowest BCUT2D eigenvalue weighted by Gasteiger charge is -2.02. The topological polar surface area (TPSA) is 41.5 Å². The Morgan fingerprint density at radius 2 is 1.67 bits per heavy atom. The van der Waals surface area contributed by atoms with E-state index in [0.29, 0.717) is 5.70 Å². The monoisotopic (exact) mass is 318 g/mol. The first-order valence-corrected chi connectivity index (χ1v) is 8.25. The largest absolute Gasteiger partial charge is 0.309 e. The Morgan fingerprint density at radius 1 is 0.958 bits per heavy atom. The van der Waals surface area contributed by atoms with Crippen molar-refractivity contribution < 1.29 is 4.79 Å². The molecule has 3 heteroatoms. The van der Waals surface area contributed by atoms with Crippen molar-refractivity contribution in [1.82, 2.24) is 5.32 Å². The third-order valence-electron chi connectivity index (χ3n) is 4.23. The molecule has 1 N–H and O–H groups in total. The van der Waals surface area contributed by atoms with E-state index in [9.17, 15) is 4.79 Å². The minimum atomic E-state index is -0.117. The van der Waals surface area contributed by atoms with Gasteiger partial charge in [0.05, 0.1) is 0 Å². The number of hydrogen-bond acceptors (Lipinski definition) is 2. The molecule has 0 fully saturated rings. The second kappa shape index (κ2) is 6.83. The molecule has 0 aromatic heterocycles. The molecule has 0 aliphatic carbocycles. The van der Waals surface area contributed by atoms with Gasteiger partial charge in [0.2, 0.25) is 0 Å². The van der Waals surface area contributed by atoms with Crippen LogP contribution in [0.5, 0.6) is 0 Å². The summed E-state index contributed by atoms with van der Waals surface area (Å²) < 4.78 is 0. The molecule has 0 bridgehead atoms. The lowest BCUT2D eigenvalue weighted by Crippen LogP contribution is -2.24. The van der Waals surface area contributed by atoms with Crippen LogP contribution in [0.2, 0.25) is 0 Å². The average molecular weight is 318 g/mol. The van der Waals surface area contributed by atoms with Crippen LogP contribution < -0.4 is 5.32 Å². The first kappa shape index (κ1) is 16.2. The number of carbonyl (C=O) groups excluding carboxylic acids is 1. The zero-order chi connectivity index (χ0) is 17.1. The van der Waals surface area contributed by atoms with Crippen molar-refractivity contribution in [2.75, 3.05) is 0 Å².